The first kappa shape index (κ1) is 21.4. The molecule has 0 aliphatic heterocycles. The van der Waals surface area contributed by atoms with Gasteiger partial charge in [0.2, 0.25) is 0 Å². The lowest BCUT2D eigenvalue weighted by molar-refractivity contribution is -0.104. The highest BCUT2D eigenvalue weighted by Gasteiger charge is 2.22. The zero-order valence-corrected chi connectivity index (χ0v) is 17.2. The number of nitrogens with zero attached hydrogens (tertiary/aromatic N) is 2. The number of aromatic amines is 1. The number of aldehydes is 1. The van der Waals surface area contributed by atoms with Crippen molar-refractivity contribution in [2.75, 3.05) is 0 Å². The molecule has 0 saturated carbocycles. The van der Waals surface area contributed by atoms with Crippen molar-refractivity contribution < 1.29 is 9.18 Å². The Balaban J connectivity index is 2.56. The van der Waals surface area contributed by atoms with Crippen molar-refractivity contribution in [2.24, 2.45) is 0 Å². The molecule has 3 aromatic rings. The summed E-state index contributed by atoms with van der Waals surface area (Å²) in [6, 6.07) is 5.77. The molecule has 0 aliphatic carbocycles. The number of H-pyrrole nitrogens is 1. The average molecular weight is 409 g/mol. The lowest BCUT2D eigenvalue weighted by Gasteiger charge is -2.19. The number of fused-ring (bicyclic) bond motifs is 1. The van der Waals surface area contributed by atoms with Crippen LogP contribution in [-0.2, 0) is 11.3 Å². The molecule has 0 aliphatic rings. The second-order valence-electron chi connectivity index (χ2n) is 7.41. The fourth-order valence-corrected chi connectivity index (χ4v) is 3.52. The van der Waals surface area contributed by atoms with Gasteiger partial charge in [0.25, 0.3) is 5.56 Å². The van der Waals surface area contributed by atoms with Gasteiger partial charge in [0.05, 0.1) is 11.1 Å². The minimum atomic E-state index is -0.564. The van der Waals surface area contributed by atoms with Crippen LogP contribution in [0.3, 0.4) is 0 Å². The zero-order valence-electron chi connectivity index (χ0n) is 17.2. The number of rotatable bonds is 7. The quantitative estimate of drug-likeness (QED) is 0.472. The molecule has 2 heterocycles. The third kappa shape index (κ3) is 4.01. The standard InChI is InChI=1S/C23H24FN3O3/c1-4-5-12-27-21-19(22(29)26-23(27)30)18(15-8-10-16(24)11-9-15)17(7-6-13-28)20(25-21)14(2)3/h6-11,13-14H,4-5,12H2,1-3H3,(H,26,29,30). The van der Waals surface area contributed by atoms with Gasteiger partial charge in [0.1, 0.15) is 17.8 Å². The molecule has 0 fully saturated rings. The number of aryl methyl sites for hydroxylation is 1. The van der Waals surface area contributed by atoms with Crippen LogP contribution >= 0.6 is 0 Å². The molecular weight excluding hydrogens is 385 g/mol. The summed E-state index contributed by atoms with van der Waals surface area (Å²) < 4.78 is 15.1. The van der Waals surface area contributed by atoms with Gasteiger partial charge in [0.15, 0.2) is 0 Å². The van der Waals surface area contributed by atoms with Crippen LogP contribution in [0.25, 0.3) is 28.2 Å². The van der Waals surface area contributed by atoms with Crippen LogP contribution in [0.15, 0.2) is 39.9 Å². The Morgan fingerprint density at radius 3 is 2.50 bits per heavy atom. The van der Waals surface area contributed by atoms with Gasteiger partial charge < -0.3 is 0 Å². The summed E-state index contributed by atoms with van der Waals surface area (Å²) >= 11 is 0. The van der Waals surface area contributed by atoms with Crippen molar-refractivity contribution >= 4 is 23.4 Å². The Labute approximate surface area is 173 Å². The summed E-state index contributed by atoms with van der Waals surface area (Å²) in [5.41, 5.74) is 1.59. The summed E-state index contributed by atoms with van der Waals surface area (Å²) in [7, 11) is 0. The van der Waals surface area contributed by atoms with E-state index in [1.165, 1.54) is 22.8 Å². The fourth-order valence-electron chi connectivity index (χ4n) is 3.52. The molecule has 7 heteroatoms. The predicted octanol–water partition coefficient (Wildman–Crippen LogP) is 4.03. The summed E-state index contributed by atoms with van der Waals surface area (Å²) in [5, 5.41) is 0.243. The number of hydrogen-bond donors (Lipinski definition) is 1. The molecular formula is C23H24FN3O3. The normalized spacial score (nSPS) is 11.6. The molecule has 0 amide bonds. The molecule has 0 bridgehead atoms. The fraction of sp³-hybridized carbons (Fsp3) is 0.304. The molecule has 0 radical (unpaired) electrons. The van der Waals surface area contributed by atoms with E-state index in [1.807, 2.05) is 20.8 Å². The molecule has 156 valence electrons. The number of nitrogens with one attached hydrogen (secondary N) is 1. The molecule has 3 rings (SSSR count). The maximum atomic E-state index is 13.6. The smallest absolute Gasteiger partial charge is 0.299 e. The maximum absolute atomic E-state index is 13.6. The number of halogens is 1. The Bertz CT molecular complexity index is 1220. The van der Waals surface area contributed by atoms with Gasteiger partial charge in [-0.05, 0) is 42.2 Å². The van der Waals surface area contributed by atoms with Crippen LogP contribution in [0.1, 0.15) is 50.8 Å². The number of pyridine rings is 1. The number of carbonyl (C=O) groups is 1. The summed E-state index contributed by atoms with van der Waals surface area (Å²) in [5.74, 6) is -0.450. The maximum Gasteiger partial charge on any atom is 0.329 e. The van der Waals surface area contributed by atoms with Crippen LogP contribution in [-0.4, -0.2) is 20.8 Å². The first-order valence-corrected chi connectivity index (χ1v) is 9.97. The number of unbranched alkanes of at least 4 members (excludes halogenated alkanes) is 1. The van der Waals surface area contributed by atoms with Gasteiger partial charge in [0, 0.05) is 17.7 Å². The third-order valence-corrected chi connectivity index (χ3v) is 4.95. The highest BCUT2D eigenvalue weighted by Crippen LogP contribution is 2.34. The van der Waals surface area contributed by atoms with E-state index in [1.54, 1.807) is 18.2 Å². The van der Waals surface area contributed by atoms with Crippen LogP contribution < -0.4 is 11.2 Å². The Morgan fingerprint density at radius 2 is 1.90 bits per heavy atom. The van der Waals surface area contributed by atoms with Crippen LogP contribution in [0.5, 0.6) is 0 Å². The molecule has 6 nitrogen and oxygen atoms in total. The number of hydrogen-bond acceptors (Lipinski definition) is 4. The van der Waals surface area contributed by atoms with Gasteiger partial charge in [-0.1, -0.05) is 39.3 Å². The summed E-state index contributed by atoms with van der Waals surface area (Å²) in [6.45, 7) is 6.32. The summed E-state index contributed by atoms with van der Waals surface area (Å²) in [4.78, 5) is 43.6. The molecule has 0 saturated heterocycles. The Morgan fingerprint density at radius 1 is 1.20 bits per heavy atom. The van der Waals surface area contributed by atoms with Crippen LogP contribution in [0.2, 0.25) is 0 Å². The third-order valence-electron chi connectivity index (χ3n) is 4.95. The first-order valence-electron chi connectivity index (χ1n) is 9.97. The van der Waals surface area contributed by atoms with Gasteiger partial charge >= 0.3 is 5.69 Å². The number of carbonyl (C=O) groups excluding carboxylic acids is 1. The molecule has 1 N–H and O–H groups in total. The van der Waals surface area contributed by atoms with Gasteiger partial charge in [-0.3, -0.25) is 19.1 Å². The predicted molar refractivity (Wildman–Crippen MR) is 116 cm³/mol. The highest BCUT2D eigenvalue weighted by molar-refractivity contribution is 5.98. The topological polar surface area (TPSA) is 84.8 Å². The SMILES string of the molecule is CCCCn1c(=O)[nH]c(=O)c2c(-c3ccc(F)cc3)c(C=CC=O)c(C(C)C)nc21. The van der Waals surface area contributed by atoms with Crippen molar-refractivity contribution in [1.82, 2.24) is 14.5 Å². The minimum absolute atomic E-state index is 0.0473. The van der Waals surface area contributed by atoms with E-state index in [9.17, 15) is 18.8 Å². The van der Waals surface area contributed by atoms with Gasteiger partial charge in [-0.2, -0.15) is 0 Å². The molecule has 30 heavy (non-hydrogen) atoms. The zero-order chi connectivity index (χ0) is 21.8. The molecule has 0 atom stereocenters. The second kappa shape index (κ2) is 8.98. The van der Waals surface area contributed by atoms with Crippen molar-refractivity contribution in [3.05, 3.63) is 68.3 Å². The van der Waals surface area contributed by atoms with Gasteiger partial charge in [-0.15, -0.1) is 0 Å². The highest BCUT2D eigenvalue weighted by atomic mass is 19.1. The van der Waals surface area contributed by atoms with Crippen LogP contribution in [0.4, 0.5) is 4.39 Å². The number of aromatic nitrogens is 3. The van der Waals surface area contributed by atoms with E-state index >= 15 is 0 Å². The van der Waals surface area contributed by atoms with E-state index in [0.29, 0.717) is 40.9 Å². The van der Waals surface area contributed by atoms with E-state index < -0.39 is 17.1 Å². The average Bonchev–Trinajstić information content (AvgIpc) is 2.71. The number of benzene rings is 1. The van der Waals surface area contributed by atoms with E-state index in [4.69, 9.17) is 4.98 Å². The molecule has 0 spiro atoms. The minimum Gasteiger partial charge on any atom is -0.299 e. The van der Waals surface area contributed by atoms with Crippen molar-refractivity contribution in [1.29, 1.82) is 0 Å². The molecule has 0 unspecified atom stereocenters. The van der Waals surface area contributed by atoms with Crippen molar-refractivity contribution in [2.45, 2.75) is 46.1 Å². The molecule has 1 aromatic carbocycles. The second-order valence-corrected chi connectivity index (χ2v) is 7.41. The molecule has 2 aromatic heterocycles. The van der Waals surface area contributed by atoms with E-state index in [-0.39, 0.29) is 11.3 Å². The summed E-state index contributed by atoms with van der Waals surface area (Å²) in [6.07, 6.45) is 5.21. The van der Waals surface area contributed by atoms with Crippen LogP contribution in [0, 0.1) is 5.82 Å². The Hall–Kier alpha value is -3.35. The van der Waals surface area contributed by atoms with Crippen molar-refractivity contribution in [3.63, 3.8) is 0 Å². The lowest BCUT2D eigenvalue weighted by atomic mass is 9.92. The first-order chi connectivity index (χ1) is 14.4. The van der Waals surface area contributed by atoms with Crippen molar-refractivity contribution in [3.8, 4) is 11.1 Å². The van der Waals surface area contributed by atoms with Gasteiger partial charge in [-0.25, -0.2) is 14.2 Å². The number of allylic oxidation sites excluding steroid dienone is 1. The lowest BCUT2D eigenvalue weighted by Crippen LogP contribution is -2.32. The Kier molecular flexibility index (Phi) is 6.40. The monoisotopic (exact) mass is 409 g/mol. The van der Waals surface area contributed by atoms with E-state index in [2.05, 4.69) is 4.98 Å². The van der Waals surface area contributed by atoms with E-state index in [0.717, 1.165) is 12.8 Å². The largest absolute Gasteiger partial charge is 0.329 e.